The van der Waals surface area contributed by atoms with E-state index in [9.17, 15) is 4.79 Å². The lowest BCUT2D eigenvalue weighted by molar-refractivity contribution is -0.138. The van der Waals surface area contributed by atoms with Crippen LogP contribution >= 0.6 is 11.6 Å². The largest absolute Gasteiger partial charge is 0.458 e. The molecule has 1 N–H and O–H groups in total. The fourth-order valence-corrected chi connectivity index (χ4v) is 2.65. The molecule has 3 rings (SSSR count). The maximum Gasteiger partial charge on any atom is 0.338 e. The van der Waals surface area contributed by atoms with Crippen LogP contribution in [-0.4, -0.2) is 27.3 Å². The summed E-state index contributed by atoms with van der Waals surface area (Å²) in [6.07, 6.45) is 2.97. The molecule has 1 unspecified atom stereocenters. The highest BCUT2D eigenvalue weighted by Crippen LogP contribution is 2.35. The average Bonchev–Trinajstić information content (AvgIpc) is 3.00. The van der Waals surface area contributed by atoms with E-state index in [0.717, 1.165) is 5.56 Å². The highest BCUT2D eigenvalue weighted by molar-refractivity contribution is 6.30. The highest BCUT2D eigenvalue weighted by Gasteiger charge is 2.34. The van der Waals surface area contributed by atoms with Crippen molar-refractivity contribution in [3.63, 3.8) is 0 Å². The first kappa shape index (κ1) is 15.3. The zero-order valence-electron chi connectivity index (χ0n) is 12.5. The van der Waals surface area contributed by atoms with Gasteiger partial charge in [0.1, 0.15) is 19.0 Å². The Balaban J connectivity index is 2.08. The summed E-state index contributed by atoms with van der Waals surface area (Å²) < 4.78 is 6.88. The van der Waals surface area contributed by atoms with Gasteiger partial charge in [0.25, 0.3) is 0 Å². The van der Waals surface area contributed by atoms with Crippen molar-refractivity contribution in [3.05, 3.63) is 65.1 Å². The fourth-order valence-electron chi connectivity index (χ4n) is 2.52. The van der Waals surface area contributed by atoms with Gasteiger partial charge in [-0.25, -0.2) is 9.48 Å². The van der Waals surface area contributed by atoms with Crippen molar-refractivity contribution in [2.45, 2.75) is 13.0 Å². The van der Waals surface area contributed by atoms with E-state index in [1.807, 2.05) is 19.1 Å². The van der Waals surface area contributed by atoms with Gasteiger partial charge in [-0.1, -0.05) is 36.4 Å². The van der Waals surface area contributed by atoms with Crippen LogP contribution in [0.5, 0.6) is 0 Å². The number of esters is 1. The summed E-state index contributed by atoms with van der Waals surface area (Å²) in [5.41, 5.74) is 2.03. The standard InChI is InChI=1S/C16H15ClN4O2/c1-3-8-23-15(22)13-10(2)20-16-18-9-19-21(16)14(13)11-4-6-12(17)7-5-11/h3-7,9,14H,1,8H2,2H3,(H,18,19,20). The lowest BCUT2D eigenvalue weighted by Gasteiger charge is -2.28. The fraction of sp³-hybridized carbons (Fsp3) is 0.188. The monoisotopic (exact) mass is 330 g/mol. The van der Waals surface area contributed by atoms with Gasteiger partial charge in [0, 0.05) is 10.7 Å². The predicted molar refractivity (Wildman–Crippen MR) is 87.1 cm³/mol. The quantitative estimate of drug-likeness (QED) is 0.689. The van der Waals surface area contributed by atoms with Crippen LogP contribution in [0.1, 0.15) is 18.5 Å². The number of hydrogen-bond acceptors (Lipinski definition) is 5. The predicted octanol–water partition coefficient (Wildman–Crippen LogP) is 2.95. The molecule has 1 aromatic carbocycles. The number of carbonyl (C=O) groups excluding carboxylic acids is 1. The lowest BCUT2D eigenvalue weighted by Crippen LogP contribution is -2.29. The Labute approximate surface area is 138 Å². The number of fused-ring (bicyclic) bond motifs is 1. The summed E-state index contributed by atoms with van der Waals surface area (Å²) in [5, 5.41) is 7.93. The Morgan fingerprint density at radius 2 is 2.22 bits per heavy atom. The van der Waals surface area contributed by atoms with Crippen molar-refractivity contribution in [3.8, 4) is 0 Å². The molecule has 0 saturated carbocycles. The van der Waals surface area contributed by atoms with Crippen LogP contribution in [0.25, 0.3) is 0 Å². The Morgan fingerprint density at radius 3 is 2.91 bits per heavy atom. The number of rotatable bonds is 4. The lowest BCUT2D eigenvalue weighted by atomic mass is 9.96. The minimum absolute atomic E-state index is 0.146. The van der Waals surface area contributed by atoms with E-state index >= 15 is 0 Å². The first-order valence-corrected chi connectivity index (χ1v) is 7.40. The smallest absolute Gasteiger partial charge is 0.338 e. The van der Waals surface area contributed by atoms with E-state index in [4.69, 9.17) is 16.3 Å². The molecule has 2 heterocycles. The van der Waals surface area contributed by atoms with Gasteiger partial charge in [-0.05, 0) is 24.6 Å². The Morgan fingerprint density at radius 1 is 1.48 bits per heavy atom. The molecule has 6 nitrogen and oxygen atoms in total. The van der Waals surface area contributed by atoms with Crippen molar-refractivity contribution in [2.24, 2.45) is 0 Å². The highest BCUT2D eigenvalue weighted by atomic mass is 35.5. The number of benzene rings is 1. The molecule has 0 aliphatic carbocycles. The number of carbonyl (C=O) groups is 1. The number of nitrogens with zero attached hydrogens (tertiary/aromatic N) is 3. The third-order valence-electron chi connectivity index (χ3n) is 3.53. The Kier molecular flexibility index (Phi) is 4.16. The number of anilines is 1. The zero-order valence-corrected chi connectivity index (χ0v) is 13.2. The summed E-state index contributed by atoms with van der Waals surface area (Å²) in [4.78, 5) is 16.7. The first-order chi connectivity index (χ1) is 11.1. The second-order valence-electron chi connectivity index (χ2n) is 5.03. The number of aromatic nitrogens is 3. The second kappa shape index (κ2) is 6.26. The molecule has 1 aliphatic rings. The number of hydrogen-bond donors (Lipinski definition) is 1. The van der Waals surface area contributed by atoms with Crippen molar-refractivity contribution in [1.29, 1.82) is 0 Å². The normalized spacial score (nSPS) is 16.5. The van der Waals surface area contributed by atoms with E-state index in [1.54, 1.807) is 16.8 Å². The average molecular weight is 331 g/mol. The molecule has 0 amide bonds. The maximum atomic E-state index is 12.5. The van der Waals surface area contributed by atoms with Crippen LogP contribution in [0.3, 0.4) is 0 Å². The summed E-state index contributed by atoms with van der Waals surface area (Å²) >= 11 is 5.96. The van der Waals surface area contributed by atoms with Crippen molar-refractivity contribution in [2.75, 3.05) is 11.9 Å². The zero-order chi connectivity index (χ0) is 16.4. The number of ether oxygens (including phenoxy) is 1. The van der Waals surface area contributed by atoms with Crippen LogP contribution in [0.2, 0.25) is 5.02 Å². The van der Waals surface area contributed by atoms with Crippen LogP contribution in [-0.2, 0) is 9.53 Å². The molecular formula is C16H15ClN4O2. The molecule has 7 heteroatoms. The molecule has 0 radical (unpaired) electrons. The van der Waals surface area contributed by atoms with Crippen molar-refractivity contribution >= 4 is 23.5 Å². The SMILES string of the molecule is C=CCOC(=O)C1=C(C)Nc2ncnn2C1c1ccc(Cl)cc1. The summed E-state index contributed by atoms with van der Waals surface area (Å²) in [6.45, 7) is 5.52. The first-order valence-electron chi connectivity index (χ1n) is 7.02. The molecule has 1 aromatic heterocycles. The Bertz CT molecular complexity index is 780. The summed E-state index contributed by atoms with van der Waals surface area (Å²) in [6, 6.07) is 6.84. The van der Waals surface area contributed by atoms with Crippen molar-refractivity contribution in [1.82, 2.24) is 14.8 Å². The Hall–Kier alpha value is -2.60. The molecule has 0 bridgehead atoms. The number of nitrogens with one attached hydrogen (secondary N) is 1. The molecule has 0 fully saturated rings. The van der Waals surface area contributed by atoms with E-state index in [0.29, 0.717) is 22.2 Å². The minimum atomic E-state index is -0.427. The summed E-state index contributed by atoms with van der Waals surface area (Å²) in [7, 11) is 0. The van der Waals surface area contributed by atoms with Crippen molar-refractivity contribution < 1.29 is 9.53 Å². The third kappa shape index (κ3) is 2.85. The van der Waals surface area contributed by atoms with Crippen LogP contribution < -0.4 is 5.32 Å². The van der Waals surface area contributed by atoms with Gasteiger partial charge < -0.3 is 10.1 Å². The van der Waals surface area contributed by atoms with Gasteiger partial charge in [-0.2, -0.15) is 10.1 Å². The van der Waals surface area contributed by atoms with Gasteiger partial charge in [-0.15, -0.1) is 0 Å². The maximum absolute atomic E-state index is 12.5. The molecule has 0 spiro atoms. The van der Waals surface area contributed by atoms with E-state index in [-0.39, 0.29) is 6.61 Å². The van der Waals surface area contributed by atoms with Crippen LogP contribution in [0, 0.1) is 0 Å². The van der Waals surface area contributed by atoms with Crippen LogP contribution in [0.15, 0.2) is 54.5 Å². The molecule has 0 saturated heterocycles. The number of allylic oxidation sites excluding steroid dienone is 1. The second-order valence-corrected chi connectivity index (χ2v) is 5.47. The van der Waals surface area contributed by atoms with Crippen LogP contribution in [0.4, 0.5) is 5.95 Å². The number of halogens is 1. The third-order valence-corrected chi connectivity index (χ3v) is 3.78. The minimum Gasteiger partial charge on any atom is -0.458 e. The van der Waals surface area contributed by atoms with Gasteiger partial charge in [0.05, 0.1) is 5.57 Å². The molecule has 2 aromatic rings. The van der Waals surface area contributed by atoms with Gasteiger partial charge in [-0.3, -0.25) is 0 Å². The van der Waals surface area contributed by atoms with E-state index < -0.39 is 12.0 Å². The van der Waals surface area contributed by atoms with Gasteiger partial charge in [0.15, 0.2) is 0 Å². The van der Waals surface area contributed by atoms with Gasteiger partial charge in [0.2, 0.25) is 5.95 Å². The molecular weight excluding hydrogens is 316 g/mol. The van der Waals surface area contributed by atoms with E-state index in [1.165, 1.54) is 12.4 Å². The molecule has 23 heavy (non-hydrogen) atoms. The molecule has 118 valence electrons. The van der Waals surface area contributed by atoms with E-state index in [2.05, 4.69) is 22.0 Å². The molecule has 1 atom stereocenters. The van der Waals surface area contributed by atoms with Gasteiger partial charge >= 0.3 is 5.97 Å². The summed E-state index contributed by atoms with van der Waals surface area (Å²) in [5.74, 6) is 0.152. The molecule has 1 aliphatic heterocycles. The topological polar surface area (TPSA) is 69.0 Å².